The highest BCUT2D eigenvalue weighted by Gasteiger charge is 2.31. The first-order valence-electron chi connectivity index (χ1n) is 7.19. The van der Waals surface area contributed by atoms with E-state index < -0.39 is 0 Å². The van der Waals surface area contributed by atoms with Gasteiger partial charge in [-0.1, -0.05) is 0 Å². The minimum Gasteiger partial charge on any atom is -0.378 e. The second kappa shape index (κ2) is 6.36. The molecule has 0 aromatic heterocycles. The van der Waals surface area contributed by atoms with Gasteiger partial charge in [-0.2, -0.15) is 0 Å². The second-order valence-corrected chi connectivity index (χ2v) is 7.37. The van der Waals surface area contributed by atoms with Gasteiger partial charge in [0.05, 0.1) is 11.7 Å². The Bertz CT molecular complexity index is 234. The minimum atomic E-state index is -0.0296. The number of hydrogen-bond acceptors (Lipinski definition) is 3. The third-order valence-electron chi connectivity index (χ3n) is 2.91. The highest BCUT2D eigenvalue weighted by atomic mass is 16.5. The summed E-state index contributed by atoms with van der Waals surface area (Å²) in [5, 5.41) is 3.60. The summed E-state index contributed by atoms with van der Waals surface area (Å²) in [4.78, 5) is 0. The quantitative estimate of drug-likeness (QED) is 0.742. The highest BCUT2D eigenvalue weighted by molar-refractivity contribution is 4.90. The molecule has 0 saturated heterocycles. The molecule has 108 valence electrons. The molecule has 3 heteroatoms. The molecule has 1 N–H and O–H groups in total. The number of ether oxygens (including phenoxy) is 2. The van der Waals surface area contributed by atoms with Crippen LogP contribution in [0.1, 0.15) is 60.8 Å². The van der Waals surface area contributed by atoms with Gasteiger partial charge in [0.25, 0.3) is 0 Å². The van der Waals surface area contributed by atoms with Crippen LogP contribution < -0.4 is 5.32 Å². The smallest absolute Gasteiger partial charge is 0.0604 e. The molecule has 0 radical (unpaired) electrons. The van der Waals surface area contributed by atoms with Crippen LogP contribution in [0.5, 0.6) is 0 Å². The SMILES string of the molecule is CC(C)(C)N[C@H]1C[C@H](OCCCOC(C)(C)C)C1. The molecule has 0 amide bonds. The van der Waals surface area contributed by atoms with Crippen molar-refractivity contribution in [2.45, 2.75) is 84.1 Å². The topological polar surface area (TPSA) is 30.5 Å². The van der Waals surface area contributed by atoms with E-state index >= 15 is 0 Å². The average Bonchev–Trinajstić information content (AvgIpc) is 2.08. The van der Waals surface area contributed by atoms with E-state index in [2.05, 4.69) is 46.9 Å². The summed E-state index contributed by atoms with van der Waals surface area (Å²) in [6.07, 6.45) is 3.75. The van der Waals surface area contributed by atoms with E-state index in [0.29, 0.717) is 12.1 Å². The molecular weight excluding hydrogens is 226 g/mol. The average molecular weight is 257 g/mol. The Morgan fingerprint density at radius 3 is 2.11 bits per heavy atom. The Kier molecular flexibility index (Phi) is 5.63. The van der Waals surface area contributed by atoms with Crippen molar-refractivity contribution < 1.29 is 9.47 Å². The van der Waals surface area contributed by atoms with Crippen LogP contribution in [-0.4, -0.2) is 36.5 Å². The van der Waals surface area contributed by atoms with E-state index in [1.54, 1.807) is 0 Å². The van der Waals surface area contributed by atoms with Crippen molar-refractivity contribution in [3.05, 3.63) is 0 Å². The van der Waals surface area contributed by atoms with Crippen LogP contribution in [0, 0.1) is 0 Å². The van der Waals surface area contributed by atoms with Crippen molar-refractivity contribution in [3.63, 3.8) is 0 Å². The van der Waals surface area contributed by atoms with Crippen molar-refractivity contribution in [1.29, 1.82) is 0 Å². The van der Waals surface area contributed by atoms with Crippen molar-refractivity contribution in [2.24, 2.45) is 0 Å². The maximum absolute atomic E-state index is 5.82. The van der Waals surface area contributed by atoms with E-state index in [4.69, 9.17) is 9.47 Å². The van der Waals surface area contributed by atoms with Crippen molar-refractivity contribution in [3.8, 4) is 0 Å². The van der Waals surface area contributed by atoms with Crippen LogP contribution in [0.3, 0.4) is 0 Å². The summed E-state index contributed by atoms with van der Waals surface area (Å²) in [6.45, 7) is 14.5. The lowest BCUT2D eigenvalue weighted by atomic mass is 9.87. The Hall–Kier alpha value is -0.120. The molecule has 1 rings (SSSR count). The molecule has 18 heavy (non-hydrogen) atoms. The fraction of sp³-hybridized carbons (Fsp3) is 1.00. The molecule has 0 spiro atoms. The van der Waals surface area contributed by atoms with E-state index in [9.17, 15) is 0 Å². The summed E-state index contributed by atoms with van der Waals surface area (Å²) in [7, 11) is 0. The van der Waals surface area contributed by atoms with E-state index in [-0.39, 0.29) is 11.1 Å². The molecule has 0 aromatic rings. The zero-order valence-corrected chi connectivity index (χ0v) is 13.0. The van der Waals surface area contributed by atoms with Gasteiger partial charge < -0.3 is 14.8 Å². The van der Waals surface area contributed by atoms with Crippen molar-refractivity contribution in [2.75, 3.05) is 13.2 Å². The lowest BCUT2D eigenvalue weighted by Gasteiger charge is -2.40. The zero-order valence-electron chi connectivity index (χ0n) is 13.0. The molecule has 1 aliphatic carbocycles. The van der Waals surface area contributed by atoms with Gasteiger partial charge in [-0.3, -0.25) is 0 Å². The molecule has 1 fully saturated rings. The monoisotopic (exact) mass is 257 g/mol. The molecule has 1 aliphatic rings. The van der Waals surface area contributed by atoms with Gasteiger partial charge in [0.15, 0.2) is 0 Å². The van der Waals surface area contributed by atoms with Crippen LogP contribution in [0.2, 0.25) is 0 Å². The fourth-order valence-corrected chi connectivity index (χ4v) is 2.12. The van der Waals surface area contributed by atoms with Gasteiger partial charge in [-0.25, -0.2) is 0 Å². The summed E-state index contributed by atoms with van der Waals surface area (Å²) in [5.41, 5.74) is 0.189. The Labute approximate surface area is 113 Å². The number of nitrogens with one attached hydrogen (secondary N) is 1. The Balaban J connectivity index is 1.94. The summed E-state index contributed by atoms with van der Waals surface area (Å²) >= 11 is 0. The minimum absolute atomic E-state index is 0.0296. The molecule has 0 atom stereocenters. The van der Waals surface area contributed by atoms with Crippen LogP contribution in [-0.2, 0) is 9.47 Å². The molecule has 0 aliphatic heterocycles. The predicted octanol–water partition coefficient (Wildman–Crippen LogP) is 3.13. The summed E-state index contributed by atoms with van der Waals surface area (Å²) in [5.74, 6) is 0. The van der Waals surface area contributed by atoms with Crippen LogP contribution in [0.25, 0.3) is 0 Å². The molecule has 1 saturated carbocycles. The van der Waals surface area contributed by atoms with Crippen LogP contribution in [0.15, 0.2) is 0 Å². The van der Waals surface area contributed by atoms with Gasteiger partial charge in [-0.05, 0) is 60.8 Å². The molecular formula is C15H31NO2. The predicted molar refractivity (Wildman–Crippen MR) is 76.0 cm³/mol. The summed E-state index contributed by atoms with van der Waals surface area (Å²) in [6, 6.07) is 0.640. The first-order chi connectivity index (χ1) is 8.16. The molecule has 0 unspecified atom stereocenters. The van der Waals surface area contributed by atoms with E-state index in [1.807, 2.05) is 0 Å². The van der Waals surface area contributed by atoms with Crippen molar-refractivity contribution in [1.82, 2.24) is 5.32 Å². The molecule has 3 nitrogen and oxygen atoms in total. The Morgan fingerprint density at radius 2 is 1.61 bits per heavy atom. The standard InChI is InChI=1S/C15H31NO2/c1-14(2,3)16-12-10-13(11-12)17-8-7-9-18-15(4,5)6/h12-13,16H,7-11H2,1-6H3/t12-,13-. The number of hydrogen-bond donors (Lipinski definition) is 1. The lowest BCUT2D eigenvalue weighted by molar-refractivity contribution is -0.0461. The van der Waals surface area contributed by atoms with E-state index in [1.165, 1.54) is 0 Å². The molecule has 0 heterocycles. The normalized spacial score (nSPS) is 25.0. The Morgan fingerprint density at radius 1 is 1.00 bits per heavy atom. The van der Waals surface area contributed by atoms with E-state index in [0.717, 1.165) is 32.5 Å². The fourth-order valence-electron chi connectivity index (χ4n) is 2.12. The van der Waals surface area contributed by atoms with Gasteiger partial charge in [0, 0.05) is 24.8 Å². The third-order valence-corrected chi connectivity index (χ3v) is 2.91. The maximum Gasteiger partial charge on any atom is 0.0604 e. The van der Waals surface area contributed by atoms with Gasteiger partial charge >= 0.3 is 0 Å². The second-order valence-electron chi connectivity index (χ2n) is 7.37. The van der Waals surface area contributed by atoms with Crippen LogP contribution >= 0.6 is 0 Å². The zero-order chi connectivity index (χ0) is 13.8. The van der Waals surface area contributed by atoms with Crippen molar-refractivity contribution >= 4 is 0 Å². The largest absolute Gasteiger partial charge is 0.378 e. The highest BCUT2D eigenvalue weighted by Crippen LogP contribution is 2.25. The lowest BCUT2D eigenvalue weighted by Crippen LogP contribution is -2.52. The first kappa shape index (κ1) is 15.9. The van der Waals surface area contributed by atoms with Gasteiger partial charge in [0.1, 0.15) is 0 Å². The maximum atomic E-state index is 5.82. The molecule has 0 aromatic carbocycles. The molecule has 0 bridgehead atoms. The first-order valence-corrected chi connectivity index (χ1v) is 7.19. The summed E-state index contributed by atoms with van der Waals surface area (Å²) < 4.78 is 11.5. The van der Waals surface area contributed by atoms with Crippen LogP contribution in [0.4, 0.5) is 0 Å². The van der Waals surface area contributed by atoms with Gasteiger partial charge in [0.2, 0.25) is 0 Å². The third kappa shape index (κ3) is 7.34. The van der Waals surface area contributed by atoms with Gasteiger partial charge in [-0.15, -0.1) is 0 Å². The number of rotatable bonds is 6.